The maximum absolute atomic E-state index is 13.4. The number of allylic oxidation sites excluding steroid dienone is 3. The van der Waals surface area contributed by atoms with Gasteiger partial charge in [0.25, 0.3) is 0 Å². The first-order valence-electron chi connectivity index (χ1n) is 17.3. The van der Waals surface area contributed by atoms with E-state index in [0.717, 1.165) is 52.9 Å². The van der Waals surface area contributed by atoms with Crippen LogP contribution in [-0.2, 0) is 17.9 Å². The van der Waals surface area contributed by atoms with Crippen LogP contribution in [0.3, 0.4) is 0 Å². The number of rotatable bonds is 13. The fourth-order valence-electron chi connectivity index (χ4n) is 8.68. The number of unbranched alkanes of at least 4 members (excludes halogenated alkanes) is 1. The SMILES string of the molecule is C/C(=C\CCC#C/C=C/[C@@H](C)[C@@H](O)/C(C)=C/CCC12CC3CC(CC(C3)C1)C2)C(=O)N(Cc1ccccc1)Cc1ccccc1. The van der Waals surface area contributed by atoms with E-state index in [1.54, 1.807) is 0 Å². The topological polar surface area (TPSA) is 40.5 Å². The van der Waals surface area contributed by atoms with Crippen molar-refractivity contribution in [1.29, 1.82) is 0 Å². The third-order valence-electron chi connectivity index (χ3n) is 10.6. The number of aliphatic hydroxyl groups is 1. The zero-order chi connectivity index (χ0) is 31.6. The van der Waals surface area contributed by atoms with E-state index in [-0.39, 0.29) is 11.8 Å². The Balaban J connectivity index is 1.06. The molecule has 238 valence electrons. The van der Waals surface area contributed by atoms with Crippen molar-refractivity contribution in [1.82, 2.24) is 4.90 Å². The average Bonchev–Trinajstić information content (AvgIpc) is 3.03. The lowest BCUT2D eigenvalue weighted by atomic mass is 9.48. The summed E-state index contributed by atoms with van der Waals surface area (Å²) >= 11 is 0. The zero-order valence-electron chi connectivity index (χ0n) is 27.8. The molecule has 6 rings (SSSR count). The van der Waals surface area contributed by atoms with Gasteiger partial charge in [0.15, 0.2) is 0 Å². The van der Waals surface area contributed by atoms with E-state index in [1.165, 1.54) is 44.9 Å². The normalized spacial score (nSPS) is 25.6. The van der Waals surface area contributed by atoms with Gasteiger partial charge >= 0.3 is 0 Å². The lowest BCUT2D eigenvalue weighted by molar-refractivity contribution is -0.128. The van der Waals surface area contributed by atoms with Crippen LogP contribution >= 0.6 is 0 Å². The standard InChI is InChI=1S/C42H53NO2/c1-32(40(44)33(2)18-15-23-42-27-37-24-38(28-42)26-39(25-37)29-42)16-9-5-4-6-10-17-34(3)41(45)43(30-35-19-11-7-12-20-35)31-36-21-13-8-14-22-36/h7-9,11-14,16-22,32,37-40,44H,6,10,15,23-31H2,1-3H3/b16-9+,33-18+,34-17+/t32-,37?,38?,39?,40-,42?/m1/s1. The highest BCUT2D eigenvalue weighted by atomic mass is 16.3. The van der Waals surface area contributed by atoms with Gasteiger partial charge in [0.2, 0.25) is 5.91 Å². The van der Waals surface area contributed by atoms with Crippen LogP contribution in [0.5, 0.6) is 0 Å². The molecule has 4 bridgehead atoms. The molecule has 0 unspecified atom stereocenters. The molecule has 0 spiro atoms. The Bertz CT molecular complexity index is 1330. The minimum atomic E-state index is -0.467. The molecule has 0 saturated heterocycles. The number of carbonyl (C=O) groups excluding carboxylic acids is 1. The summed E-state index contributed by atoms with van der Waals surface area (Å²) < 4.78 is 0. The maximum atomic E-state index is 13.4. The first-order valence-corrected chi connectivity index (χ1v) is 17.3. The van der Waals surface area contributed by atoms with Gasteiger partial charge in [-0.15, -0.1) is 0 Å². The van der Waals surface area contributed by atoms with E-state index in [0.29, 0.717) is 24.9 Å². The second kappa shape index (κ2) is 15.8. The first kappa shape index (κ1) is 33.0. The molecule has 4 aliphatic rings. The number of benzene rings is 2. The first-order chi connectivity index (χ1) is 21.8. The van der Waals surface area contributed by atoms with E-state index in [2.05, 4.69) is 56.0 Å². The summed E-state index contributed by atoms with van der Waals surface area (Å²) in [4.78, 5) is 15.3. The Hall–Kier alpha value is -3.35. The minimum absolute atomic E-state index is 0.0232. The molecular formula is C42H53NO2. The molecule has 4 fully saturated rings. The van der Waals surface area contributed by atoms with Crippen LogP contribution in [0, 0.1) is 40.9 Å². The van der Waals surface area contributed by atoms with Gasteiger partial charge in [-0.25, -0.2) is 0 Å². The molecule has 4 saturated carbocycles. The second-order valence-corrected chi connectivity index (χ2v) is 14.4. The van der Waals surface area contributed by atoms with Crippen LogP contribution in [0.2, 0.25) is 0 Å². The molecule has 2 aromatic carbocycles. The minimum Gasteiger partial charge on any atom is -0.388 e. The molecule has 3 heteroatoms. The Morgan fingerprint density at radius 3 is 2.00 bits per heavy atom. The zero-order valence-corrected chi connectivity index (χ0v) is 27.8. The van der Waals surface area contributed by atoms with Gasteiger partial charge in [-0.2, -0.15) is 0 Å². The van der Waals surface area contributed by atoms with Crippen LogP contribution in [-0.4, -0.2) is 22.0 Å². The van der Waals surface area contributed by atoms with Crippen molar-refractivity contribution in [2.75, 3.05) is 0 Å². The van der Waals surface area contributed by atoms with Gasteiger partial charge in [-0.05, 0) is 118 Å². The highest BCUT2D eigenvalue weighted by molar-refractivity contribution is 5.92. The summed E-state index contributed by atoms with van der Waals surface area (Å²) in [5.41, 5.74) is 4.68. The van der Waals surface area contributed by atoms with Gasteiger partial charge in [0.05, 0.1) is 6.10 Å². The summed E-state index contributed by atoms with van der Waals surface area (Å²) in [5.74, 6) is 9.42. The lowest BCUT2D eigenvalue weighted by Crippen LogP contribution is -2.45. The molecule has 3 nitrogen and oxygen atoms in total. The van der Waals surface area contributed by atoms with E-state index in [4.69, 9.17) is 0 Å². The Morgan fingerprint density at radius 2 is 1.44 bits per heavy atom. The molecule has 0 radical (unpaired) electrons. The van der Waals surface area contributed by atoms with Gasteiger partial charge < -0.3 is 10.0 Å². The van der Waals surface area contributed by atoms with Gasteiger partial charge in [0.1, 0.15) is 0 Å². The van der Waals surface area contributed by atoms with Crippen molar-refractivity contribution in [3.05, 3.63) is 107 Å². The van der Waals surface area contributed by atoms with Crippen LogP contribution in [0.4, 0.5) is 0 Å². The highest BCUT2D eigenvalue weighted by Gasteiger charge is 2.50. The van der Waals surface area contributed by atoms with Crippen molar-refractivity contribution in [2.24, 2.45) is 29.1 Å². The molecule has 45 heavy (non-hydrogen) atoms. The molecule has 0 aromatic heterocycles. The lowest BCUT2D eigenvalue weighted by Gasteiger charge is -2.57. The van der Waals surface area contributed by atoms with Crippen LogP contribution in [0.25, 0.3) is 0 Å². The van der Waals surface area contributed by atoms with Crippen LogP contribution in [0.1, 0.15) is 96.1 Å². The van der Waals surface area contributed by atoms with Crippen molar-refractivity contribution < 1.29 is 9.90 Å². The van der Waals surface area contributed by atoms with Gasteiger partial charge in [-0.3, -0.25) is 4.79 Å². The Kier molecular flexibility index (Phi) is 11.6. The average molecular weight is 604 g/mol. The molecule has 1 N–H and O–H groups in total. The molecule has 1 amide bonds. The van der Waals surface area contributed by atoms with Crippen molar-refractivity contribution in [3.63, 3.8) is 0 Å². The Labute approximate surface area is 272 Å². The van der Waals surface area contributed by atoms with E-state index >= 15 is 0 Å². The number of carbonyl (C=O) groups is 1. The van der Waals surface area contributed by atoms with Crippen molar-refractivity contribution >= 4 is 5.91 Å². The molecular weight excluding hydrogens is 550 g/mol. The predicted molar refractivity (Wildman–Crippen MR) is 186 cm³/mol. The van der Waals surface area contributed by atoms with Gasteiger partial charge in [-0.1, -0.05) is 97.7 Å². The number of amides is 1. The maximum Gasteiger partial charge on any atom is 0.249 e. The molecule has 2 atom stereocenters. The predicted octanol–water partition coefficient (Wildman–Crippen LogP) is 9.44. The van der Waals surface area contributed by atoms with E-state index < -0.39 is 6.10 Å². The molecule has 0 heterocycles. The third-order valence-corrected chi connectivity index (χ3v) is 10.6. The fourth-order valence-corrected chi connectivity index (χ4v) is 8.68. The second-order valence-electron chi connectivity index (χ2n) is 14.4. The molecule has 4 aliphatic carbocycles. The Morgan fingerprint density at radius 1 is 0.889 bits per heavy atom. The largest absolute Gasteiger partial charge is 0.388 e. The summed E-state index contributed by atoms with van der Waals surface area (Å²) in [6.07, 6.45) is 20.4. The van der Waals surface area contributed by atoms with Crippen LogP contribution in [0.15, 0.2) is 96.1 Å². The monoisotopic (exact) mass is 603 g/mol. The molecule has 2 aromatic rings. The van der Waals surface area contributed by atoms with E-state index in [9.17, 15) is 9.90 Å². The summed E-state index contributed by atoms with van der Waals surface area (Å²) in [5, 5.41) is 10.9. The smallest absolute Gasteiger partial charge is 0.249 e. The summed E-state index contributed by atoms with van der Waals surface area (Å²) in [6, 6.07) is 20.3. The quantitative estimate of drug-likeness (QED) is 0.107. The molecule has 0 aliphatic heterocycles. The highest BCUT2D eigenvalue weighted by Crippen LogP contribution is 2.61. The number of hydrogen-bond donors (Lipinski definition) is 1. The number of nitrogens with zero attached hydrogens (tertiary/aromatic N) is 1. The van der Waals surface area contributed by atoms with E-state index in [1.807, 2.05) is 66.4 Å². The van der Waals surface area contributed by atoms with Gasteiger partial charge in [0, 0.05) is 31.0 Å². The van der Waals surface area contributed by atoms with Crippen molar-refractivity contribution in [2.45, 2.75) is 104 Å². The number of aliphatic hydroxyl groups excluding tert-OH is 1. The summed E-state index contributed by atoms with van der Waals surface area (Å²) in [6.45, 7) is 7.20. The fraction of sp³-hybridized carbons (Fsp3) is 0.500. The summed E-state index contributed by atoms with van der Waals surface area (Å²) in [7, 11) is 0. The third kappa shape index (κ3) is 9.34. The van der Waals surface area contributed by atoms with Crippen LogP contribution < -0.4 is 0 Å². The van der Waals surface area contributed by atoms with Crippen molar-refractivity contribution in [3.8, 4) is 11.8 Å². The number of hydrogen-bond acceptors (Lipinski definition) is 2.